The zero-order valence-electron chi connectivity index (χ0n) is 21.2. The van der Waals surface area contributed by atoms with Crippen LogP contribution in [0.4, 0.5) is 0 Å². The fourth-order valence-corrected chi connectivity index (χ4v) is 7.32. The van der Waals surface area contributed by atoms with Gasteiger partial charge in [-0.3, -0.25) is 0 Å². The molecule has 0 amide bonds. The molecule has 2 atom stereocenters. The highest BCUT2D eigenvalue weighted by Gasteiger charge is 2.70. The molecule has 0 spiro atoms. The number of hydrogen-bond donors (Lipinski definition) is 1. The lowest BCUT2D eigenvalue weighted by atomic mass is 9.64. The molecule has 2 aromatic carbocycles. The van der Waals surface area contributed by atoms with Crippen molar-refractivity contribution in [3.63, 3.8) is 0 Å². The number of aryl methyl sites for hydroxylation is 1. The molecular weight excluding hydrogens is 494 g/mol. The van der Waals surface area contributed by atoms with Crippen LogP contribution in [-0.2, 0) is 45.0 Å². The van der Waals surface area contributed by atoms with Crippen LogP contribution in [0.25, 0.3) is 0 Å². The van der Waals surface area contributed by atoms with E-state index < -0.39 is 33.2 Å². The maximum absolute atomic E-state index is 13.4. The van der Waals surface area contributed by atoms with E-state index in [0.717, 1.165) is 43.2 Å². The van der Waals surface area contributed by atoms with Crippen LogP contribution in [0.3, 0.4) is 0 Å². The fraction of sp³-hybridized carbons (Fsp3) is 0.429. The highest BCUT2D eigenvalue weighted by Crippen LogP contribution is 2.65. The number of nitrogens with one attached hydrogen (secondary N) is 1. The Bertz CT molecular complexity index is 1380. The lowest BCUT2D eigenvalue weighted by Crippen LogP contribution is -2.43. The number of fused-ring (bicyclic) bond motifs is 5. The molecule has 0 saturated heterocycles. The summed E-state index contributed by atoms with van der Waals surface area (Å²) < 4.78 is 46.5. The first-order valence-electron chi connectivity index (χ1n) is 12.5. The molecule has 2 aromatic rings. The number of esters is 2. The predicted molar refractivity (Wildman–Crippen MR) is 135 cm³/mol. The number of carbonyl (C=O) groups is 2. The van der Waals surface area contributed by atoms with E-state index in [-0.39, 0.29) is 28.5 Å². The number of hydrogen-bond acceptors (Lipinski definition) is 7. The third kappa shape index (κ3) is 3.83. The molecule has 3 aliphatic rings. The topological polar surface area (TPSA) is 108 Å². The Morgan fingerprint density at radius 1 is 0.919 bits per heavy atom. The summed E-state index contributed by atoms with van der Waals surface area (Å²) >= 11 is 0. The van der Waals surface area contributed by atoms with Crippen molar-refractivity contribution in [2.24, 2.45) is 5.92 Å². The molecule has 2 heterocycles. The van der Waals surface area contributed by atoms with Gasteiger partial charge in [0.25, 0.3) is 0 Å². The van der Waals surface area contributed by atoms with Crippen LogP contribution >= 0.6 is 0 Å². The summed E-state index contributed by atoms with van der Waals surface area (Å²) in [5.41, 5.74) is -0.326. The largest absolute Gasteiger partial charge is 0.466 e. The molecule has 8 nitrogen and oxygen atoms in total. The quantitative estimate of drug-likeness (QED) is 0.550. The summed E-state index contributed by atoms with van der Waals surface area (Å²) in [7, 11) is -1.46. The van der Waals surface area contributed by atoms with Gasteiger partial charge in [0.2, 0.25) is 10.0 Å². The highest BCUT2D eigenvalue weighted by atomic mass is 32.2. The van der Waals surface area contributed by atoms with Gasteiger partial charge in [-0.25, -0.2) is 22.7 Å². The first-order valence-corrected chi connectivity index (χ1v) is 14.0. The summed E-state index contributed by atoms with van der Waals surface area (Å²) in [5.74, 6) is -1.51. The maximum atomic E-state index is 13.4. The Hall–Kier alpha value is -3.01. The minimum absolute atomic E-state index is 0.00210. The monoisotopic (exact) mass is 525 g/mol. The van der Waals surface area contributed by atoms with Crippen molar-refractivity contribution in [3.8, 4) is 0 Å². The molecule has 0 aromatic heterocycles. The average molecular weight is 526 g/mol. The van der Waals surface area contributed by atoms with Crippen molar-refractivity contribution in [1.29, 1.82) is 0 Å². The van der Waals surface area contributed by atoms with Crippen molar-refractivity contribution in [1.82, 2.24) is 4.72 Å². The number of ether oxygens (including phenoxy) is 3. The first kappa shape index (κ1) is 25.6. The van der Waals surface area contributed by atoms with Crippen LogP contribution in [0.2, 0.25) is 0 Å². The normalized spacial score (nSPS) is 25.2. The molecule has 196 valence electrons. The van der Waals surface area contributed by atoms with Crippen LogP contribution in [0.1, 0.15) is 48.8 Å². The molecule has 0 radical (unpaired) electrons. The molecule has 2 bridgehead atoms. The van der Waals surface area contributed by atoms with E-state index in [1.807, 2.05) is 31.2 Å². The van der Waals surface area contributed by atoms with Gasteiger partial charge in [0.1, 0.15) is 11.2 Å². The second-order valence-electron chi connectivity index (χ2n) is 9.92. The molecule has 1 N–H and O–H groups in total. The average Bonchev–Trinajstić information content (AvgIpc) is 3.40. The summed E-state index contributed by atoms with van der Waals surface area (Å²) in [6.45, 7) is 1.58. The van der Waals surface area contributed by atoms with Gasteiger partial charge in [-0.2, -0.15) is 0 Å². The minimum Gasteiger partial charge on any atom is -0.466 e. The third-order valence-corrected chi connectivity index (χ3v) is 9.34. The molecule has 1 aliphatic carbocycles. The van der Waals surface area contributed by atoms with Crippen molar-refractivity contribution in [2.75, 3.05) is 20.8 Å². The molecule has 37 heavy (non-hydrogen) atoms. The van der Waals surface area contributed by atoms with Gasteiger partial charge in [-0.05, 0) is 48.9 Å². The SMILES string of the molecule is COC(=O)C1=C(C(=O)OC)[C@@]2(C3CCCCC3)O[C@]1(CNS(=O)(=O)c1ccc(C)cc1)c1ccccc12. The van der Waals surface area contributed by atoms with Crippen LogP contribution in [0.5, 0.6) is 0 Å². The van der Waals surface area contributed by atoms with E-state index in [9.17, 15) is 18.0 Å². The van der Waals surface area contributed by atoms with E-state index >= 15 is 0 Å². The number of rotatable bonds is 7. The molecule has 2 aliphatic heterocycles. The van der Waals surface area contributed by atoms with Gasteiger partial charge in [0.05, 0.1) is 30.3 Å². The Labute approximate surface area is 217 Å². The van der Waals surface area contributed by atoms with Gasteiger partial charge in [-0.1, -0.05) is 61.2 Å². The van der Waals surface area contributed by atoms with Crippen LogP contribution < -0.4 is 4.72 Å². The lowest BCUT2D eigenvalue weighted by molar-refractivity contribution is -0.147. The van der Waals surface area contributed by atoms with Gasteiger partial charge in [0.15, 0.2) is 0 Å². The number of methoxy groups -OCH3 is 2. The van der Waals surface area contributed by atoms with Crippen LogP contribution in [0, 0.1) is 12.8 Å². The molecule has 1 fully saturated rings. The van der Waals surface area contributed by atoms with E-state index in [2.05, 4.69) is 4.72 Å². The predicted octanol–water partition coefficient (Wildman–Crippen LogP) is 3.63. The van der Waals surface area contributed by atoms with Gasteiger partial charge in [0, 0.05) is 6.54 Å². The maximum Gasteiger partial charge on any atom is 0.337 e. The smallest absolute Gasteiger partial charge is 0.337 e. The van der Waals surface area contributed by atoms with Crippen molar-refractivity contribution < 1.29 is 32.2 Å². The second kappa shape index (κ2) is 9.38. The van der Waals surface area contributed by atoms with E-state index in [0.29, 0.717) is 5.56 Å². The number of sulfonamides is 1. The van der Waals surface area contributed by atoms with Crippen LogP contribution in [-0.4, -0.2) is 41.1 Å². The standard InChI is InChI=1S/C28H31NO7S/c1-18-13-15-20(16-14-18)37(32,33)29-17-27-21-11-7-8-12-22(21)28(36-27,19-9-5-4-6-10-19)24(26(31)35-3)23(27)25(30)34-2/h7-8,11-16,19,29H,4-6,9-10,17H2,1-3H3/t27-,28+/m1/s1. The molecule has 9 heteroatoms. The van der Waals surface area contributed by atoms with Crippen LogP contribution in [0.15, 0.2) is 64.6 Å². The number of benzene rings is 2. The summed E-state index contributed by atoms with van der Waals surface area (Å²) in [6, 6.07) is 13.9. The zero-order chi connectivity index (χ0) is 26.4. The van der Waals surface area contributed by atoms with E-state index in [4.69, 9.17) is 14.2 Å². The lowest BCUT2D eigenvalue weighted by Gasteiger charge is -2.39. The molecule has 0 unspecified atom stereocenters. The van der Waals surface area contributed by atoms with Crippen molar-refractivity contribution >= 4 is 22.0 Å². The van der Waals surface area contributed by atoms with Gasteiger partial charge in [-0.15, -0.1) is 0 Å². The highest BCUT2D eigenvalue weighted by molar-refractivity contribution is 7.89. The van der Waals surface area contributed by atoms with Crippen molar-refractivity contribution in [2.45, 2.75) is 55.1 Å². The first-order chi connectivity index (χ1) is 17.7. The Kier molecular flexibility index (Phi) is 6.50. The summed E-state index contributed by atoms with van der Waals surface area (Å²) in [6.07, 6.45) is 4.61. The minimum atomic E-state index is -3.96. The van der Waals surface area contributed by atoms with E-state index in [1.165, 1.54) is 26.4 Å². The summed E-state index contributed by atoms with van der Waals surface area (Å²) in [4.78, 5) is 26.8. The Balaban J connectivity index is 1.69. The summed E-state index contributed by atoms with van der Waals surface area (Å²) in [5, 5.41) is 0. The van der Waals surface area contributed by atoms with E-state index in [1.54, 1.807) is 12.1 Å². The molecule has 5 rings (SSSR count). The Morgan fingerprint density at radius 2 is 1.51 bits per heavy atom. The number of carbonyl (C=O) groups excluding carboxylic acids is 2. The van der Waals surface area contributed by atoms with Crippen molar-refractivity contribution in [3.05, 3.63) is 76.4 Å². The van der Waals surface area contributed by atoms with Gasteiger partial charge >= 0.3 is 11.9 Å². The van der Waals surface area contributed by atoms with Gasteiger partial charge < -0.3 is 14.2 Å². The zero-order valence-corrected chi connectivity index (χ0v) is 22.0. The second-order valence-corrected chi connectivity index (χ2v) is 11.7. The third-order valence-electron chi connectivity index (χ3n) is 7.92. The fourth-order valence-electron chi connectivity index (χ4n) is 6.26. The molecule has 1 saturated carbocycles. The molecular formula is C28H31NO7S. The Morgan fingerprint density at radius 3 is 2.14 bits per heavy atom.